The van der Waals surface area contributed by atoms with Gasteiger partial charge in [-0.25, -0.2) is 0 Å². The van der Waals surface area contributed by atoms with Gasteiger partial charge in [0.2, 0.25) is 0 Å². The molecule has 3 atom stereocenters. The number of rotatable bonds is 5. The van der Waals surface area contributed by atoms with Crippen molar-refractivity contribution in [3.05, 3.63) is 0 Å². The fourth-order valence-corrected chi connectivity index (χ4v) is 4.24. The number of hydrogen-bond donors (Lipinski definition) is 1. The Balaban J connectivity index is 2.05. The van der Waals surface area contributed by atoms with Crippen molar-refractivity contribution in [1.82, 2.24) is 10.2 Å². The van der Waals surface area contributed by atoms with Crippen LogP contribution in [0.25, 0.3) is 0 Å². The summed E-state index contributed by atoms with van der Waals surface area (Å²) in [6.45, 7) is 15.2. The van der Waals surface area contributed by atoms with Gasteiger partial charge >= 0.3 is 5.97 Å². The molecule has 2 fully saturated rings. The van der Waals surface area contributed by atoms with E-state index in [9.17, 15) is 4.79 Å². The first kappa shape index (κ1) is 22.0. The molecule has 0 radical (unpaired) electrons. The average molecular weight is 382 g/mol. The molecule has 156 valence electrons. The van der Waals surface area contributed by atoms with Crippen LogP contribution in [0.5, 0.6) is 0 Å². The number of ether oxygens (including phenoxy) is 2. The minimum absolute atomic E-state index is 0.0529. The highest BCUT2D eigenvalue weighted by molar-refractivity contribution is 5.81. The van der Waals surface area contributed by atoms with Crippen LogP contribution in [0.15, 0.2) is 4.99 Å². The third-order valence-corrected chi connectivity index (χ3v) is 5.45. The lowest BCUT2D eigenvalue weighted by Gasteiger charge is -2.40. The maximum atomic E-state index is 12.2. The molecule has 0 aromatic rings. The van der Waals surface area contributed by atoms with E-state index in [0.29, 0.717) is 19.1 Å². The molecule has 0 amide bonds. The summed E-state index contributed by atoms with van der Waals surface area (Å²) >= 11 is 0. The first-order valence-corrected chi connectivity index (χ1v) is 10.7. The van der Waals surface area contributed by atoms with Gasteiger partial charge in [0.1, 0.15) is 0 Å². The number of likely N-dealkylation sites (tertiary alicyclic amines) is 1. The van der Waals surface area contributed by atoms with E-state index in [1.54, 1.807) is 0 Å². The predicted octanol–water partition coefficient (Wildman–Crippen LogP) is 3.07. The number of nitrogens with one attached hydrogen (secondary N) is 1. The van der Waals surface area contributed by atoms with Crippen LogP contribution in [0.4, 0.5) is 0 Å². The summed E-state index contributed by atoms with van der Waals surface area (Å²) < 4.78 is 11.3. The lowest BCUT2D eigenvalue weighted by atomic mass is 9.78. The van der Waals surface area contributed by atoms with E-state index in [-0.39, 0.29) is 23.4 Å². The van der Waals surface area contributed by atoms with Gasteiger partial charge in [-0.15, -0.1) is 0 Å². The van der Waals surface area contributed by atoms with E-state index >= 15 is 0 Å². The van der Waals surface area contributed by atoms with Gasteiger partial charge in [0.25, 0.3) is 0 Å². The highest BCUT2D eigenvalue weighted by Gasteiger charge is 2.35. The Hall–Kier alpha value is -1.30. The molecule has 0 spiro atoms. The van der Waals surface area contributed by atoms with Gasteiger partial charge in [-0.3, -0.25) is 9.79 Å². The molecule has 3 unspecified atom stereocenters. The molecule has 2 saturated heterocycles. The van der Waals surface area contributed by atoms with Crippen LogP contribution in [0, 0.1) is 17.3 Å². The number of aliphatic imine (C=N–C) groups is 1. The van der Waals surface area contributed by atoms with Gasteiger partial charge in [0, 0.05) is 38.7 Å². The Morgan fingerprint density at radius 3 is 2.70 bits per heavy atom. The van der Waals surface area contributed by atoms with Crippen LogP contribution < -0.4 is 5.32 Å². The zero-order valence-electron chi connectivity index (χ0n) is 17.9. The van der Waals surface area contributed by atoms with Gasteiger partial charge in [0.05, 0.1) is 18.6 Å². The quantitative estimate of drug-likeness (QED) is 0.450. The summed E-state index contributed by atoms with van der Waals surface area (Å²) in [5.41, 5.74) is 0.124. The fourth-order valence-electron chi connectivity index (χ4n) is 4.24. The molecule has 2 aliphatic rings. The monoisotopic (exact) mass is 381 g/mol. The van der Waals surface area contributed by atoms with Crippen molar-refractivity contribution in [2.45, 2.75) is 66.4 Å². The molecule has 2 rings (SSSR count). The number of guanidine groups is 1. The summed E-state index contributed by atoms with van der Waals surface area (Å²) in [6.07, 6.45) is 4.41. The van der Waals surface area contributed by atoms with Crippen molar-refractivity contribution in [3.8, 4) is 0 Å². The van der Waals surface area contributed by atoms with Crippen LogP contribution in [-0.2, 0) is 14.3 Å². The Morgan fingerprint density at radius 2 is 2.04 bits per heavy atom. The molecule has 0 bridgehead atoms. The minimum Gasteiger partial charge on any atom is -0.466 e. The van der Waals surface area contributed by atoms with Crippen molar-refractivity contribution in [2.24, 2.45) is 22.2 Å². The van der Waals surface area contributed by atoms with Crippen molar-refractivity contribution >= 4 is 11.9 Å². The van der Waals surface area contributed by atoms with Gasteiger partial charge in [0.15, 0.2) is 5.96 Å². The van der Waals surface area contributed by atoms with Gasteiger partial charge in [-0.2, -0.15) is 0 Å². The zero-order valence-corrected chi connectivity index (χ0v) is 17.9. The SMILES string of the molecule is CCNC(=NCC1CCCOC1C(C)(C)C)N1CCCC(C(=O)OCC)C1. The standard InChI is InChI=1S/C21H39N3O3/c1-6-22-20(24-12-8-10-17(15-24)19(25)26-7-2)23-14-16-11-9-13-27-18(16)21(3,4)5/h16-18H,6-15H2,1-5H3,(H,22,23). The average Bonchev–Trinajstić information content (AvgIpc) is 2.65. The molecule has 6 nitrogen and oxygen atoms in total. The summed E-state index contributed by atoms with van der Waals surface area (Å²) in [5, 5.41) is 3.42. The van der Waals surface area contributed by atoms with Crippen LogP contribution in [0.1, 0.15) is 60.3 Å². The highest BCUT2D eigenvalue weighted by Crippen LogP contribution is 2.34. The fraction of sp³-hybridized carbons (Fsp3) is 0.905. The third-order valence-electron chi connectivity index (χ3n) is 5.45. The summed E-state index contributed by atoms with van der Waals surface area (Å²) in [4.78, 5) is 19.3. The van der Waals surface area contributed by atoms with Crippen molar-refractivity contribution in [3.63, 3.8) is 0 Å². The van der Waals surface area contributed by atoms with E-state index in [1.807, 2.05) is 6.92 Å². The Morgan fingerprint density at radius 1 is 1.26 bits per heavy atom. The second-order valence-corrected chi connectivity index (χ2v) is 8.79. The lowest BCUT2D eigenvalue weighted by Crippen LogP contribution is -2.49. The Bertz CT molecular complexity index is 501. The van der Waals surface area contributed by atoms with Crippen LogP contribution >= 0.6 is 0 Å². The van der Waals surface area contributed by atoms with Crippen molar-refractivity contribution in [2.75, 3.05) is 39.4 Å². The first-order valence-electron chi connectivity index (χ1n) is 10.7. The van der Waals surface area contributed by atoms with Crippen molar-refractivity contribution < 1.29 is 14.3 Å². The number of carbonyl (C=O) groups is 1. The molecular formula is C21H39N3O3. The van der Waals surface area contributed by atoms with Gasteiger partial charge < -0.3 is 19.7 Å². The normalized spacial score (nSPS) is 27.4. The summed E-state index contributed by atoms with van der Waals surface area (Å²) in [5.74, 6) is 1.23. The molecule has 27 heavy (non-hydrogen) atoms. The molecule has 2 aliphatic heterocycles. The van der Waals surface area contributed by atoms with E-state index in [2.05, 4.69) is 37.9 Å². The minimum atomic E-state index is -0.0773. The lowest BCUT2D eigenvalue weighted by molar-refractivity contribution is -0.149. The molecule has 0 aromatic heterocycles. The maximum absolute atomic E-state index is 12.2. The zero-order chi connectivity index (χ0) is 19.9. The van der Waals surface area contributed by atoms with Gasteiger partial charge in [-0.05, 0) is 44.9 Å². The third kappa shape index (κ3) is 6.37. The van der Waals surface area contributed by atoms with Crippen LogP contribution in [-0.4, -0.2) is 62.3 Å². The largest absolute Gasteiger partial charge is 0.466 e. The summed E-state index contributed by atoms with van der Waals surface area (Å²) in [6, 6.07) is 0. The first-order chi connectivity index (χ1) is 12.9. The number of esters is 1. The van der Waals surface area contributed by atoms with Gasteiger partial charge in [-0.1, -0.05) is 20.8 Å². The number of carbonyl (C=O) groups excluding carboxylic acids is 1. The van der Waals surface area contributed by atoms with E-state index in [1.165, 1.54) is 0 Å². The smallest absolute Gasteiger partial charge is 0.310 e. The van der Waals surface area contributed by atoms with Crippen LogP contribution in [0.3, 0.4) is 0 Å². The second kappa shape index (κ2) is 10.3. The second-order valence-electron chi connectivity index (χ2n) is 8.79. The Kier molecular flexibility index (Phi) is 8.39. The van der Waals surface area contributed by atoms with E-state index in [4.69, 9.17) is 14.5 Å². The molecular weight excluding hydrogens is 342 g/mol. The molecule has 0 saturated carbocycles. The molecule has 1 N–H and O–H groups in total. The van der Waals surface area contributed by atoms with Crippen LogP contribution in [0.2, 0.25) is 0 Å². The maximum Gasteiger partial charge on any atom is 0.310 e. The molecule has 0 aliphatic carbocycles. The predicted molar refractivity (Wildman–Crippen MR) is 109 cm³/mol. The topological polar surface area (TPSA) is 63.2 Å². The molecule has 0 aromatic carbocycles. The Labute approximate surface area is 165 Å². The van der Waals surface area contributed by atoms with E-state index < -0.39 is 0 Å². The molecule has 6 heteroatoms. The molecule has 2 heterocycles. The highest BCUT2D eigenvalue weighted by atomic mass is 16.5. The van der Waals surface area contributed by atoms with Crippen molar-refractivity contribution in [1.29, 1.82) is 0 Å². The summed E-state index contributed by atoms with van der Waals surface area (Å²) in [7, 11) is 0. The number of nitrogens with zero attached hydrogens (tertiary/aromatic N) is 2. The number of piperidine rings is 1. The van der Waals surface area contributed by atoms with E-state index in [0.717, 1.165) is 57.9 Å². The number of hydrogen-bond acceptors (Lipinski definition) is 4.